The van der Waals surface area contributed by atoms with E-state index in [-0.39, 0.29) is 17.9 Å². The third-order valence-corrected chi connectivity index (χ3v) is 3.58. The molecule has 17 heavy (non-hydrogen) atoms. The van der Waals surface area contributed by atoms with Gasteiger partial charge in [0.25, 0.3) is 0 Å². The maximum absolute atomic E-state index is 11.4. The molecule has 1 fully saturated rings. The summed E-state index contributed by atoms with van der Waals surface area (Å²) in [5, 5.41) is 5.17. The largest absolute Gasteiger partial charge is 0.334 e. The number of nitrogens with one attached hydrogen (secondary N) is 1. The maximum Gasteiger partial charge on any atom is 0.223 e. The molecule has 92 valence electrons. The molecular formula is C11H15N3O2S. The van der Waals surface area contributed by atoms with Crippen LogP contribution in [0.4, 0.5) is 5.13 Å². The van der Waals surface area contributed by atoms with Gasteiger partial charge < -0.3 is 10.2 Å². The maximum atomic E-state index is 11.4. The third kappa shape index (κ3) is 2.63. The summed E-state index contributed by atoms with van der Waals surface area (Å²) >= 11 is 1.40. The van der Waals surface area contributed by atoms with E-state index in [2.05, 4.69) is 10.3 Å². The quantitative estimate of drug-likeness (QED) is 0.874. The van der Waals surface area contributed by atoms with E-state index in [1.54, 1.807) is 6.92 Å². The van der Waals surface area contributed by atoms with Crippen LogP contribution >= 0.6 is 11.3 Å². The monoisotopic (exact) mass is 253 g/mol. The van der Waals surface area contributed by atoms with Gasteiger partial charge in [-0.1, -0.05) is 0 Å². The lowest BCUT2D eigenvalue weighted by atomic mass is 10.2. The first-order valence-electron chi connectivity index (χ1n) is 5.58. The Morgan fingerprint density at radius 2 is 2.29 bits per heavy atom. The van der Waals surface area contributed by atoms with Gasteiger partial charge in [0.2, 0.25) is 11.8 Å². The van der Waals surface area contributed by atoms with Crippen molar-refractivity contribution in [2.24, 2.45) is 0 Å². The molecule has 0 saturated carbocycles. The van der Waals surface area contributed by atoms with Crippen molar-refractivity contribution in [3.63, 3.8) is 0 Å². The van der Waals surface area contributed by atoms with Gasteiger partial charge in [-0.25, -0.2) is 4.98 Å². The summed E-state index contributed by atoms with van der Waals surface area (Å²) < 4.78 is 0. The summed E-state index contributed by atoms with van der Waals surface area (Å²) in [6.45, 7) is 3.84. The predicted molar refractivity (Wildman–Crippen MR) is 65.8 cm³/mol. The van der Waals surface area contributed by atoms with Crippen molar-refractivity contribution < 1.29 is 9.59 Å². The minimum absolute atomic E-state index is 0.0752. The van der Waals surface area contributed by atoms with Crippen molar-refractivity contribution in [3.8, 4) is 0 Å². The van der Waals surface area contributed by atoms with E-state index in [4.69, 9.17) is 0 Å². The van der Waals surface area contributed by atoms with Gasteiger partial charge in [-0.05, 0) is 12.8 Å². The van der Waals surface area contributed by atoms with Crippen molar-refractivity contribution in [2.45, 2.75) is 32.7 Å². The molecule has 1 atom stereocenters. The number of hydrogen-bond acceptors (Lipinski definition) is 4. The Morgan fingerprint density at radius 1 is 1.53 bits per heavy atom. The average molecular weight is 253 g/mol. The minimum atomic E-state index is -0.124. The normalized spacial score (nSPS) is 19.4. The predicted octanol–water partition coefficient (Wildman–Crippen LogP) is 1.78. The van der Waals surface area contributed by atoms with Crippen LogP contribution in [-0.4, -0.2) is 28.2 Å². The summed E-state index contributed by atoms with van der Waals surface area (Å²) in [5.74, 6) is -0.0395. The average Bonchev–Trinajstić information content (AvgIpc) is 2.82. The van der Waals surface area contributed by atoms with Crippen LogP contribution in [-0.2, 0) is 9.59 Å². The van der Waals surface area contributed by atoms with Crippen LogP contribution in [0.5, 0.6) is 0 Å². The standard InChI is InChI=1S/C11H15N3O2S/c1-7(15)12-11-13-9(6-17-11)10-4-3-5-14(10)8(2)16/h6,10H,3-5H2,1-2H3,(H,12,13,15). The molecule has 0 bridgehead atoms. The number of likely N-dealkylation sites (tertiary alicyclic amines) is 1. The number of rotatable bonds is 2. The molecule has 0 radical (unpaired) electrons. The molecule has 1 aliphatic heterocycles. The molecule has 1 aromatic rings. The Hall–Kier alpha value is -1.43. The second-order valence-electron chi connectivity index (χ2n) is 4.13. The van der Waals surface area contributed by atoms with Crippen LogP contribution in [0.3, 0.4) is 0 Å². The molecule has 1 saturated heterocycles. The Balaban J connectivity index is 2.14. The summed E-state index contributed by atoms with van der Waals surface area (Å²) in [5.41, 5.74) is 0.881. The second-order valence-corrected chi connectivity index (χ2v) is 4.99. The highest BCUT2D eigenvalue weighted by Gasteiger charge is 2.29. The third-order valence-electron chi connectivity index (χ3n) is 2.80. The van der Waals surface area contributed by atoms with Gasteiger partial charge in [-0.15, -0.1) is 11.3 Å². The number of amides is 2. The lowest BCUT2D eigenvalue weighted by Crippen LogP contribution is -2.28. The number of hydrogen-bond donors (Lipinski definition) is 1. The summed E-state index contributed by atoms with van der Waals surface area (Å²) in [6.07, 6.45) is 1.96. The molecule has 6 heteroatoms. The van der Waals surface area contributed by atoms with Crippen LogP contribution < -0.4 is 5.32 Å². The highest BCUT2D eigenvalue weighted by atomic mass is 32.1. The van der Waals surface area contributed by atoms with Crippen molar-refractivity contribution in [1.82, 2.24) is 9.88 Å². The van der Waals surface area contributed by atoms with Crippen molar-refractivity contribution in [3.05, 3.63) is 11.1 Å². The second kappa shape index (κ2) is 4.83. The van der Waals surface area contributed by atoms with E-state index in [1.165, 1.54) is 18.3 Å². The van der Waals surface area contributed by atoms with Gasteiger partial charge in [0, 0.05) is 25.8 Å². The number of thiazole rings is 1. The van der Waals surface area contributed by atoms with Crippen LogP contribution in [0.1, 0.15) is 38.4 Å². The topological polar surface area (TPSA) is 62.3 Å². The highest BCUT2D eigenvalue weighted by molar-refractivity contribution is 7.13. The first kappa shape index (κ1) is 12.0. The molecule has 1 unspecified atom stereocenters. The molecule has 1 aromatic heterocycles. The van der Waals surface area contributed by atoms with Gasteiger partial charge in [0.05, 0.1) is 11.7 Å². The van der Waals surface area contributed by atoms with E-state index in [0.29, 0.717) is 5.13 Å². The molecule has 2 rings (SSSR count). The zero-order valence-corrected chi connectivity index (χ0v) is 10.7. The van der Waals surface area contributed by atoms with E-state index < -0.39 is 0 Å². The van der Waals surface area contributed by atoms with E-state index in [1.807, 2.05) is 10.3 Å². The Kier molecular flexibility index (Phi) is 3.42. The Labute approximate surface area is 104 Å². The number of carbonyl (C=O) groups excluding carboxylic acids is 2. The first-order valence-corrected chi connectivity index (χ1v) is 6.46. The van der Waals surface area contributed by atoms with Crippen LogP contribution in [0.15, 0.2) is 5.38 Å². The molecule has 1 aliphatic rings. The van der Waals surface area contributed by atoms with Gasteiger partial charge in [-0.3, -0.25) is 9.59 Å². The van der Waals surface area contributed by atoms with Crippen molar-refractivity contribution >= 4 is 28.3 Å². The van der Waals surface area contributed by atoms with Crippen LogP contribution in [0, 0.1) is 0 Å². The lowest BCUT2D eigenvalue weighted by molar-refractivity contribution is -0.129. The van der Waals surface area contributed by atoms with Crippen molar-refractivity contribution in [2.75, 3.05) is 11.9 Å². The molecule has 2 heterocycles. The molecular weight excluding hydrogens is 238 g/mol. The van der Waals surface area contributed by atoms with E-state index in [0.717, 1.165) is 25.1 Å². The summed E-state index contributed by atoms with van der Waals surface area (Å²) in [7, 11) is 0. The van der Waals surface area contributed by atoms with Gasteiger partial charge in [0.1, 0.15) is 0 Å². The summed E-state index contributed by atoms with van der Waals surface area (Å²) in [4.78, 5) is 28.6. The lowest BCUT2D eigenvalue weighted by Gasteiger charge is -2.21. The van der Waals surface area contributed by atoms with Gasteiger partial charge >= 0.3 is 0 Å². The minimum Gasteiger partial charge on any atom is -0.334 e. The molecule has 0 aromatic carbocycles. The van der Waals surface area contributed by atoms with Crippen LogP contribution in [0.2, 0.25) is 0 Å². The zero-order chi connectivity index (χ0) is 12.4. The van der Waals surface area contributed by atoms with E-state index in [9.17, 15) is 9.59 Å². The number of carbonyl (C=O) groups is 2. The van der Waals surface area contributed by atoms with E-state index >= 15 is 0 Å². The fourth-order valence-electron chi connectivity index (χ4n) is 2.10. The Morgan fingerprint density at radius 3 is 2.94 bits per heavy atom. The number of aromatic nitrogens is 1. The molecule has 0 spiro atoms. The molecule has 1 N–H and O–H groups in total. The van der Waals surface area contributed by atoms with Gasteiger partial charge in [0.15, 0.2) is 5.13 Å². The first-order chi connectivity index (χ1) is 8.08. The smallest absolute Gasteiger partial charge is 0.223 e. The molecule has 0 aliphatic carbocycles. The highest BCUT2D eigenvalue weighted by Crippen LogP contribution is 2.33. The number of nitrogens with zero attached hydrogens (tertiary/aromatic N) is 2. The zero-order valence-electron chi connectivity index (χ0n) is 9.90. The fourth-order valence-corrected chi connectivity index (χ4v) is 2.90. The number of anilines is 1. The molecule has 2 amide bonds. The van der Waals surface area contributed by atoms with Crippen molar-refractivity contribution in [1.29, 1.82) is 0 Å². The summed E-state index contributed by atoms with van der Waals surface area (Å²) in [6, 6.07) is 0.0752. The molecule has 5 nitrogen and oxygen atoms in total. The Bertz CT molecular complexity index is 444. The van der Waals surface area contributed by atoms with Crippen LogP contribution in [0.25, 0.3) is 0 Å². The SMILES string of the molecule is CC(=O)Nc1nc(C2CCCN2C(C)=O)cs1. The van der Waals surface area contributed by atoms with Gasteiger partial charge in [-0.2, -0.15) is 0 Å². The fraction of sp³-hybridized carbons (Fsp3) is 0.545.